The quantitative estimate of drug-likeness (QED) is 0.543. The van der Waals surface area contributed by atoms with Gasteiger partial charge >= 0.3 is 0 Å². The number of aromatic nitrogens is 2. The van der Waals surface area contributed by atoms with E-state index in [0.717, 1.165) is 6.92 Å². The fourth-order valence-electron chi connectivity index (χ4n) is 0.891. The van der Waals surface area contributed by atoms with Gasteiger partial charge in [0.2, 0.25) is 5.28 Å². The lowest BCUT2D eigenvalue weighted by atomic mass is 10.2. The molecule has 2 nitrogen and oxygen atoms in total. The molecular weight excluding hydrogens is 221 g/mol. The van der Waals surface area contributed by atoms with E-state index in [2.05, 4.69) is 9.97 Å². The van der Waals surface area contributed by atoms with Crippen LogP contribution in [0.1, 0.15) is 18.2 Å². The van der Waals surface area contributed by atoms with Crippen molar-refractivity contribution in [2.24, 2.45) is 0 Å². The molecule has 0 aliphatic carbocycles. The van der Waals surface area contributed by atoms with Gasteiger partial charge in [0.25, 0.3) is 5.92 Å². The number of hydrogen-bond donors (Lipinski definition) is 0. The van der Waals surface area contributed by atoms with E-state index in [4.69, 9.17) is 23.2 Å². The van der Waals surface area contributed by atoms with Gasteiger partial charge in [-0.05, 0) is 18.5 Å². The van der Waals surface area contributed by atoms with Crippen LogP contribution in [0.2, 0.25) is 10.4 Å². The van der Waals surface area contributed by atoms with Gasteiger partial charge < -0.3 is 0 Å². The Hall–Kier alpha value is -0.480. The Morgan fingerprint density at radius 1 is 1.23 bits per heavy atom. The Bertz CT molecular complexity index is 336. The molecule has 72 valence electrons. The van der Waals surface area contributed by atoms with Crippen molar-refractivity contribution < 1.29 is 8.78 Å². The molecule has 1 rings (SSSR count). The van der Waals surface area contributed by atoms with E-state index in [1.165, 1.54) is 6.92 Å². The van der Waals surface area contributed by atoms with Gasteiger partial charge in [-0.3, -0.25) is 0 Å². The minimum Gasteiger partial charge on any atom is -0.216 e. The van der Waals surface area contributed by atoms with Crippen molar-refractivity contribution in [3.8, 4) is 0 Å². The Kier molecular flexibility index (Phi) is 2.73. The Balaban J connectivity index is 3.37. The zero-order valence-electron chi connectivity index (χ0n) is 6.91. The average Bonchev–Trinajstić information content (AvgIpc) is 1.94. The second kappa shape index (κ2) is 3.35. The van der Waals surface area contributed by atoms with E-state index in [-0.39, 0.29) is 16.0 Å². The third-order valence-corrected chi connectivity index (χ3v) is 2.01. The van der Waals surface area contributed by atoms with Gasteiger partial charge in [-0.2, -0.15) is 8.78 Å². The highest BCUT2D eigenvalue weighted by molar-refractivity contribution is 6.32. The third kappa shape index (κ3) is 2.25. The van der Waals surface area contributed by atoms with Crippen LogP contribution < -0.4 is 0 Å². The van der Waals surface area contributed by atoms with Crippen molar-refractivity contribution >= 4 is 23.2 Å². The zero-order chi connectivity index (χ0) is 10.2. The number of halogens is 4. The van der Waals surface area contributed by atoms with E-state index in [1.54, 1.807) is 0 Å². The van der Waals surface area contributed by atoms with Crippen LogP contribution in [0.5, 0.6) is 0 Å². The lowest BCUT2D eigenvalue weighted by molar-refractivity contribution is 0.0119. The van der Waals surface area contributed by atoms with Crippen LogP contribution in [0.4, 0.5) is 8.78 Å². The maximum atomic E-state index is 12.9. The largest absolute Gasteiger partial charge is 0.287 e. The lowest BCUT2D eigenvalue weighted by Gasteiger charge is -2.12. The van der Waals surface area contributed by atoms with Gasteiger partial charge in [0.1, 0.15) is 10.8 Å². The molecule has 1 aromatic heterocycles. The zero-order valence-corrected chi connectivity index (χ0v) is 8.42. The predicted molar refractivity (Wildman–Crippen MR) is 46.4 cm³/mol. The molecule has 0 bridgehead atoms. The van der Waals surface area contributed by atoms with E-state index in [0.29, 0.717) is 0 Å². The van der Waals surface area contributed by atoms with E-state index in [1.807, 2.05) is 0 Å². The molecule has 0 saturated heterocycles. The Morgan fingerprint density at radius 3 is 2.23 bits per heavy atom. The van der Waals surface area contributed by atoms with E-state index in [9.17, 15) is 8.78 Å². The fraction of sp³-hybridized carbons (Fsp3) is 0.429. The van der Waals surface area contributed by atoms with Gasteiger partial charge in [-0.15, -0.1) is 0 Å². The first-order valence-electron chi connectivity index (χ1n) is 3.40. The summed E-state index contributed by atoms with van der Waals surface area (Å²) in [5.74, 6) is -3.06. The molecule has 0 aliphatic heterocycles. The number of hydrogen-bond acceptors (Lipinski definition) is 2. The monoisotopic (exact) mass is 226 g/mol. The van der Waals surface area contributed by atoms with Gasteiger partial charge in [0, 0.05) is 12.5 Å². The highest BCUT2D eigenvalue weighted by Crippen LogP contribution is 2.31. The SMILES string of the molecule is Cc1c(Cl)nc(Cl)nc1C(C)(F)F. The van der Waals surface area contributed by atoms with Crippen molar-refractivity contribution in [3.05, 3.63) is 21.7 Å². The molecule has 1 heterocycles. The summed E-state index contributed by atoms with van der Waals surface area (Å²) in [6.45, 7) is 2.15. The summed E-state index contributed by atoms with van der Waals surface area (Å²) in [5.41, 5.74) is -0.281. The normalized spacial score (nSPS) is 11.8. The molecular formula is C7H6Cl2F2N2. The van der Waals surface area contributed by atoms with Crippen molar-refractivity contribution in [3.63, 3.8) is 0 Å². The molecule has 0 amide bonds. The first-order valence-corrected chi connectivity index (χ1v) is 4.16. The lowest BCUT2D eigenvalue weighted by Crippen LogP contribution is -2.13. The highest BCUT2D eigenvalue weighted by Gasteiger charge is 2.30. The van der Waals surface area contributed by atoms with Crippen LogP contribution in [0.25, 0.3) is 0 Å². The molecule has 13 heavy (non-hydrogen) atoms. The van der Waals surface area contributed by atoms with Crippen LogP contribution in [-0.4, -0.2) is 9.97 Å². The maximum Gasteiger partial charge on any atom is 0.287 e. The summed E-state index contributed by atoms with van der Waals surface area (Å²) in [6.07, 6.45) is 0. The van der Waals surface area contributed by atoms with E-state index < -0.39 is 11.6 Å². The Labute approximate surface area is 83.9 Å². The molecule has 6 heteroatoms. The molecule has 0 aliphatic rings. The topological polar surface area (TPSA) is 25.8 Å². The minimum absolute atomic E-state index is 0.0449. The highest BCUT2D eigenvalue weighted by atomic mass is 35.5. The molecule has 0 aromatic carbocycles. The van der Waals surface area contributed by atoms with Crippen LogP contribution in [0.15, 0.2) is 0 Å². The standard InChI is InChI=1S/C7H6Cl2F2N2/c1-3-4(7(2,10)11)12-6(9)13-5(3)8/h1-2H3. The smallest absolute Gasteiger partial charge is 0.216 e. The molecule has 1 aromatic rings. The van der Waals surface area contributed by atoms with E-state index >= 15 is 0 Å². The summed E-state index contributed by atoms with van der Waals surface area (Å²) >= 11 is 10.9. The average molecular weight is 227 g/mol. The second-order valence-corrected chi connectivity index (χ2v) is 3.34. The summed E-state index contributed by atoms with van der Waals surface area (Å²) in [7, 11) is 0. The molecule has 0 radical (unpaired) electrons. The summed E-state index contributed by atoms with van der Waals surface area (Å²) < 4.78 is 25.7. The van der Waals surface area contributed by atoms with Crippen molar-refractivity contribution in [1.29, 1.82) is 0 Å². The molecule has 0 saturated carbocycles. The van der Waals surface area contributed by atoms with Gasteiger partial charge in [-0.25, -0.2) is 9.97 Å². The molecule has 0 atom stereocenters. The number of alkyl halides is 2. The molecule has 0 unspecified atom stereocenters. The molecule has 0 fully saturated rings. The minimum atomic E-state index is -3.06. The summed E-state index contributed by atoms with van der Waals surface area (Å²) in [4.78, 5) is 6.96. The summed E-state index contributed by atoms with van der Waals surface area (Å²) in [5, 5.41) is -0.316. The first-order chi connectivity index (χ1) is 5.82. The first kappa shape index (κ1) is 10.6. The molecule has 0 N–H and O–H groups in total. The van der Waals surface area contributed by atoms with Crippen LogP contribution in [-0.2, 0) is 5.92 Å². The van der Waals surface area contributed by atoms with Crippen LogP contribution in [0.3, 0.4) is 0 Å². The van der Waals surface area contributed by atoms with Crippen molar-refractivity contribution in [1.82, 2.24) is 9.97 Å². The summed E-state index contributed by atoms with van der Waals surface area (Å²) in [6, 6.07) is 0. The third-order valence-electron chi connectivity index (χ3n) is 1.47. The van der Waals surface area contributed by atoms with Crippen LogP contribution >= 0.6 is 23.2 Å². The van der Waals surface area contributed by atoms with Gasteiger partial charge in [0.15, 0.2) is 0 Å². The fourth-order valence-corrected chi connectivity index (χ4v) is 1.27. The van der Waals surface area contributed by atoms with Gasteiger partial charge in [0.05, 0.1) is 0 Å². The maximum absolute atomic E-state index is 12.9. The Morgan fingerprint density at radius 2 is 1.77 bits per heavy atom. The number of nitrogens with zero attached hydrogens (tertiary/aromatic N) is 2. The molecule has 0 spiro atoms. The van der Waals surface area contributed by atoms with Crippen molar-refractivity contribution in [2.45, 2.75) is 19.8 Å². The van der Waals surface area contributed by atoms with Crippen molar-refractivity contribution in [2.75, 3.05) is 0 Å². The second-order valence-electron chi connectivity index (χ2n) is 2.65. The van der Waals surface area contributed by atoms with Gasteiger partial charge in [-0.1, -0.05) is 11.6 Å². The number of rotatable bonds is 1. The predicted octanol–water partition coefficient (Wildman–Crippen LogP) is 3.20. The van der Waals surface area contributed by atoms with Crippen LogP contribution in [0, 0.1) is 6.92 Å².